The third-order valence-corrected chi connectivity index (χ3v) is 2.87. The highest BCUT2D eigenvalue weighted by Gasteiger charge is 2.26. The fourth-order valence-corrected chi connectivity index (χ4v) is 1.18. The molecule has 0 aliphatic rings. The van der Waals surface area contributed by atoms with Gasteiger partial charge in [0.1, 0.15) is 0 Å². The van der Waals surface area contributed by atoms with Crippen LogP contribution in [0.2, 0.25) is 0 Å². The summed E-state index contributed by atoms with van der Waals surface area (Å²) in [5, 5.41) is 9.80. The fraction of sp³-hybridized carbons (Fsp3) is 0.636. The first kappa shape index (κ1) is 11.8. The number of carbonyl (C=O) groups is 1. The summed E-state index contributed by atoms with van der Waals surface area (Å²) in [5.74, 6) is 0.0394. The molecule has 1 aromatic rings. The van der Waals surface area contributed by atoms with Crippen LogP contribution in [0.15, 0.2) is 0 Å². The molecule has 0 aliphatic heterocycles. The van der Waals surface area contributed by atoms with E-state index < -0.39 is 0 Å². The van der Waals surface area contributed by atoms with E-state index in [1.165, 1.54) is 0 Å². The quantitative estimate of drug-likeness (QED) is 0.803. The zero-order chi connectivity index (χ0) is 11.6. The third kappa shape index (κ3) is 2.37. The summed E-state index contributed by atoms with van der Waals surface area (Å²) in [6.07, 6.45) is 0.814. The van der Waals surface area contributed by atoms with E-state index in [-0.39, 0.29) is 11.3 Å². The molecule has 1 amide bonds. The van der Waals surface area contributed by atoms with Crippen molar-refractivity contribution in [3.8, 4) is 0 Å². The van der Waals surface area contributed by atoms with Gasteiger partial charge in [-0.25, -0.2) is 0 Å². The van der Waals surface area contributed by atoms with Gasteiger partial charge in [0.25, 0.3) is 0 Å². The molecule has 0 unspecified atom stereocenters. The monoisotopic (exact) mass is 209 g/mol. The van der Waals surface area contributed by atoms with Crippen molar-refractivity contribution >= 4 is 11.6 Å². The number of H-pyrrole nitrogens is 1. The zero-order valence-electron chi connectivity index (χ0n) is 10.1. The first-order chi connectivity index (χ1) is 6.88. The normalized spacial score (nSPS) is 11.5. The van der Waals surface area contributed by atoms with E-state index in [2.05, 4.69) is 15.5 Å². The highest BCUT2D eigenvalue weighted by molar-refractivity contribution is 5.95. The van der Waals surface area contributed by atoms with Crippen LogP contribution in [0.4, 0.5) is 5.69 Å². The van der Waals surface area contributed by atoms with E-state index in [4.69, 9.17) is 0 Å². The SMILES string of the molecule is CCC(C)(C)C(=O)Nc1c(C)n[nH]c1C. The molecular formula is C11H19N3O. The lowest BCUT2D eigenvalue weighted by molar-refractivity contribution is -0.124. The van der Waals surface area contributed by atoms with Crippen molar-refractivity contribution in [1.82, 2.24) is 10.2 Å². The average molecular weight is 209 g/mol. The van der Waals surface area contributed by atoms with Crippen molar-refractivity contribution in [1.29, 1.82) is 0 Å². The van der Waals surface area contributed by atoms with Crippen molar-refractivity contribution < 1.29 is 4.79 Å². The molecule has 0 aliphatic carbocycles. The first-order valence-electron chi connectivity index (χ1n) is 5.21. The molecule has 0 fully saturated rings. The number of rotatable bonds is 3. The Morgan fingerprint density at radius 3 is 2.47 bits per heavy atom. The van der Waals surface area contributed by atoms with Crippen LogP contribution in [0.3, 0.4) is 0 Å². The molecule has 4 heteroatoms. The van der Waals surface area contributed by atoms with Crippen LogP contribution >= 0.6 is 0 Å². The Kier molecular flexibility index (Phi) is 3.17. The van der Waals surface area contributed by atoms with E-state index in [1.54, 1.807) is 0 Å². The highest BCUT2D eigenvalue weighted by Crippen LogP contribution is 2.24. The fourth-order valence-electron chi connectivity index (χ4n) is 1.18. The van der Waals surface area contributed by atoms with Crippen molar-refractivity contribution in [2.24, 2.45) is 5.41 Å². The summed E-state index contributed by atoms with van der Waals surface area (Å²) >= 11 is 0. The van der Waals surface area contributed by atoms with Crippen LogP contribution in [-0.4, -0.2) is 16.1 Å². The molecule has 0 saturated heterocycles. The Bertz CT molecular complexity index is 346. The predicted molar refractivity (Wildman–Crippen MR) is 60.8 cm³/mol. The minimum absolute atomic E-state index is 0.0394. The van der Waals surface area contributed by atoms with E-state index in [0.717, 1.165) is 23.5 Å². The number of aromatic amines is 1. The smallest absolute Gasteiger partial charge is 0.230 e. The van der Waals surface area contributed by atoms with Crippen molar-refractivity contribution in [2.75, 3.05) is 5.32 Å². The Labute approximate surface area is 90.5 Å². The molecular weight excluding hydrogens is 190 g/mol. The molecule has 1 aromatic heterocycles. The number of nitrogens with zero attached hydrogens (tertiary/aromatic N) is 1. The summed E-state index contributed by atoms with van der Waals surface area (Å²) in [4.78, 5) is 11.9. The molecule has 0 bridgehead atoms. The summed E-state index contributed by atoms with van der Waals surface area (Å²) in [6, 6.07) is 0. The first-order valence-corrected chi connectivity index (χ1v) is 5.21. The van der Waals surface area contributed by atoms with Crippen LogP contribution in [-0.2, 0) is 4.79 Å². The number of nitrogens with one attached hydrogen (secondary N) is 2. The Morgan fingerprint density at radius 1 is 1.47 bits per heavy atom. The largest absolute Gasteiger partial charge is 0.323 e. The Morgan fingerprint density at radius 2 is 2.07 bits per heavy atom. The second-order valence-electron chi connectivity index (χ2n) is 4.50. The number of aromatic nitrogens is 2. The predicted octanol–water partition coefficient (Wildman–Crippen LogP) is 2.40. The van der Waals surface area contributed by atoms with Crippen LogP contribution in [0.5, 0.6) is 0 Å². The van der Waals surface area contributed by atoms with E-state index in [1.807, 2.05) is 34.6 Å². The van der Waals surface area contributed by atoms with Crippen molar-refractivity contribution in [3.63, 3.8) is 0 Å². The second kappa shape index (κ2) is 4.04. The van der Waals surface area contributed by atoms with Gasteiger partial charge in [0.15, 0.2) is 0 Å². The summed E-state index contributed by atoms with van der Waals surface area (Å²) < 4.78 is 0. The molecule has 1 heterocycles. The van der Waals surface area contributed by atoms with Gasteiger partial charge in [-0.3, -0.25) is 9.89 Å². The maximum atomic E-state index is 11.9. The lowest BCUT2D eigenvalue weighted by Crippen LogP contribution is -2.30. The molecule has 4 nitrogen and oxygen atoms in total. The topological polar surface area (TPSA) is 57.8 Å². The van der Waals surface area contributed by atoms with Crippen LogP contribution in [0.25, 0.3) is 0 Å². The standard InChI is InChI=1S/C11H19N3O/c1-6-11(4,5)10(15)12-9-7(2)13-14-8(9)3/h6H2,1-5H3,(H,12,15)(H,13,14). The molecule has 15 heavy (non-hydrogen) atoms. The molecule has 0 saturated carbocycles. The van der Waals surface area contributed by atoms with Gasteiger partial charge in [-0.05, 0) is 20.3 Å². The van der Waals surface area contributed by atoms with Gasteiger partial charge < -0.3 is 5.32 Å². The van der Waals surface area contributed by atoms with Gasteiger partial charge in [-0.15, -0.1) is 0 Å². The average Bonchev–Trinajstić information content (AvgIpc) is 2.49. The number of hydrogen-bond acceptors (Lipinski definition) is 2. The van der Waals surface area contributed by atoms with Gasteiger partial charge in [0.05, 0.1) is 17.1 Å². The lowest BCUT2D eigenvalue weighted by atomic mass is 9.89. The minimum Gasteiger partial charge on any atom is -0.323 e. The van der Waals surface area contributed by atoms with Crippen LogP contribution in [0, 0.1) is 19.3 Å². The molecule has 2 N–H and O–H groups in total. The molecule has 0 radical (unpaired) electrons. The third-order valence-electron chi connectivity index (χ3n) is 2.87. The Balaban J connectivity index is 2.84. The Hall–Kier alpha value is -1.32. The number of amides is 1. The van der Waals surface area contributed by atoms with Crippen molar-refractivity contribution in [3.05, 3.63) is 11.4 Å². The molecule has 0 aromatic carbocycles. The number of hydrogen-bond donors (Lipinski definition) is 2. The number of carbonyl (C=O) groups excluding carboxylic acids is 1. The van der Waals surface area contributed by atoms with Gasteiger partial charge in [-0.1, -0.05) is 20.8 Å². The van der Waals surface area contributed by atoms with E-state index in [9.17, 15) is 4.79 Å². The van der Waals surface area contributed by atoms with E-state index in [0.29, 0.717) is 0 Å². The van der Waals surface area contributed by atoms with E-state index >= 15 is 0 Å². The van der Waals surface area contributed by atoms with Crippen molar-refractivity contribution in [2.45, 2.75) is 41.0 Å². The summed E-state index contributed by atoms with van der Waals surface area (Å²) in [7, 11) is 0. The summed E-state index contributed by atoms with van der Waals surface area (Å²) in [5.41, 5.74) is 2.19. The lowest BCUT2D eigenvalue weighted by Gasteiger charge is -2.21. The number of aryl methyl sites for hydroxylation is 2. The molecule has 84 valence electrons. The second-order valence-corrected chi connectivity index (χ2v) is 4.50. The van der Waals surface area contributed by atoms with Crippen LogP contribution < -0.4 is 5.32 Å². The highest BCUT2D eigenvalue weighted by atomic mass is 16.2. The zero-order valence-corrected chi connectivity index (χ0v) is 10.1. The molecule has 0 spiro atoms. The minimum atomic E-state index is -0.337. The number of anilines is 1. The van der Waals surface area contributed by atoms with Gasteiger partial charge in [-0.2, -0.15) is 5.10 Å². The molecule has 0 atom stereocenters. The summed E-state index contributed by atoms with van der Waals surface area (Å²) in [6.45, 7) is 9.65. The van der Waals surface area contributed by atoms with Crippen LogP contribution in [0.1, 0.15) is 38.6 Å². The molecule has 1 rings (SSSR count). The van der Waals surface area contributed by atoms with Gasteiger partial charge in [0, 0.05) is 5.41 Å². The maximum absolute atomic E-state index is 11.9. The van der Waals surface area contributed by atoms with Gasteiger partial charge >= 0.3 is 0 Å². The maximum Gasteiger partial charge on any atom is 0.230 e. The van der Waals surface area contributed by atoms with Gasteiger partial charge in [0.2, 0.25) is 5.91 Å².